The van der Waals surface area contributed by atoms with Gasteiger partial charge in [-0.05, 0) is 47.9 Å². The van der Waals surface area contributed by atoms with E-state index < -0.39 is 5.82 Å². The number of carbonyl (C=O) groups is 2. The van der Waals surface area contributed by atoms with Crippen molar-refractivity contribution in [3.8, 4) is 0 Å². The molecule has 1 heterocycles. The number of benzene rings is 2. The van der Waals surface area contributed by atoms with Crippen LogP contribution < -0.4 is 10.2 Å². The van der Waals surface area contributed by atoms with Gasteiger partial charge in [0.25, 0.3) is 0 Å². The monoisotopic (exact) mass is 382 g/mol. The van der Waals surface area contributed by atoms with Gasteiger partial charge in [-0.3, -0.25) is 9.59 Å². The van der Waals surface area contributed by atoms with Crippen LogP contribution in [0.4, 0.5) is 10.1 Å². The van der Waals surface area contributed by atoms with E-state index in [0.717, 1.165) is 24.2 Å². The quantitative estimate of drug-likeness (QED) is 0.505. The van der Waals surface area contributed by atoms with Crippen LogP contribution in [0.3, 0.4) is 0 Å². The van der Waals surface area contributed by atoms with Crippen LogP contribution >= 0.6 is 0 Å². The van der Waals surface area contributed by atoms with Crippen molar-refractivity contribution >= 4 is 18.4 Å². The minimum atomic E-state index is -0.447. The molecule has 0 aliphatic carbocycles. The molecule has 2 aromatic rings. The summed E-state index contributed by atoms with van der Waals surface area (Å²) in [4.78, 5) is 23.6. The highest BCUT2D eigenvalue weighted by atomic mass is 19.1. The van der Waals surface area contributed by atoms with Gasteiger partial charge in [0, 0.05) is 37.0 Å². The molecule has 0 saturated carbocycles. The van der Waals surface area contributed by atoms with Gasteiger partial charge in [0.2, 0.25) is 6.41 Å². The molecule has 0 aromatic heterocycles. The molecule has 1 unspecified atom stereocenters. The van der Waals surface area contributed by atoms with Crippen molar-refractivity contribution in [1.29, 1.82) is 0 Å². The van der Waals surface area contributed by atoms with Crippen LogP contribution in [0.2, 0.25) is 0 Å². The van der Waals surface area contributed by atoms with E-state index in [4.69, 9.17) is 4.74 Å². The van der Waals surface area contributed by atoms with Crippen molar-refractivity contribution < 1.29 is 18.7 Å². The number of nitrogens with one attached hydrogen (secondary N) is 1. The smallest absolute Gasteiger partial charge is 0.207 e. The summed E-state index contributed by atoms with van der Waals surface area (Å²) in [5.41, 5.74) is 3.04. The summed E-state index contributed by atoms with van der Waals surface area (Å²) in [6.07, 6.45) is 6.60. The van der Waals surface area contributed by atoms with Crippen LogP contribution in [0.25, 0.3) is 0 Å². The molecule has 1 aliphatic heterocycles. The van der Waals surface area contributed by atoms with Gasteiger partial charge >= 0.3 is 0 Å². The van der Waals surface area contributed by atoms with Gasteiger partial charge in [-0.2, -0.15) is 0 Å². The molecule has 1 atom stereocenters. The van der Waals surface area contributed by atoms with E-state index in [0.29, 0.717) is 43.4 Å². The first-order valence-corrected chi connectivity index (χ1v) is 9.26. The minimum absolute atomic E-state index is 0.299. The number of rotatable bonds is 10. The Balaban J connectivity index is 1.77. The maximum absolute atomic E-state index is 13.8. The lowest BCUT2D eigenvalue weighted by Gasteiger charge is -2.21. The maximum Gasteiger partial charge on any atom is 0.207 e. The molecular formula is C22H23FN2O3. The lowest BCUT2D eigenvalue weighted by atomic mass is 9.99. The predicted octanol–water partition coefficient (Wildman–Crippen LogP) is 3.41. The Morgan fingerprint density at radius 3 is 2.68 bits per heavy atom. The summed E-state index contributed by atoms with van der Waals surface area (Å²) >= 11 is 0. The number of anilines is 1. The number of hydrogen-bond acceptors (Lipinski definition) is 4. The van der Waals surface area contributed by atoms with Crippen LogP contribution in [0, 0.1) is 5.82 Å². The first-order chi connectivity index (χ1) is 13.7. The third kappa shape index (κ3) is 5.27. The van der Waals surface area contributed by atoms with Crippen molar-refractivity contribution in [3.63, 3.8) is 0 Å². The summed E-state index contributed by atoms with van der Waals surface area (Å²) in [6.45, 7) is 1.68. The Hall–Kier alpha value is -2.99. The Labute approximate surface area is 163 Å². The Bertz CT molecular complexity index is 836. The van der Waals surface area contributed by atoms with E-state index in [1.165, 1.54) is 12.1 Å². The van der Waals surface area contributed by atoms with Crippen LogP contribution in [-0.2, 0) is 16.0 Å². The van der Waals surface area contributed by atoms with E-state index in [-0.39, 0.29) is 6.10 Å². The van der Waals surface area contributed by atoms with Crippen molar-refractivity contribution in [3.05, 3.63) is 77.2 Å². The highest BCUT2D eigenvalue weighted by Crippen LogP contribution is 2.27. The van der Waals surface area contributed by atoms with Gasteiger partial charge in [0.05, 0.1) is 12.7 Å². The number of carbonyl (C=O) groups excluding carboxylic acids is 2. The second-order valence-electron chi connectivity index (χ2n) is 6.60. The summed E-state index contributed by atoms with van der Waals surface area (Å²) in [5.74, 6) is -0.447. The van der Waals surface area contributed by atoms with Crippen LogP contribution in [0.1, 0.15) is 34.0 Å². The zero-order valence-electron chi connectivity index (χ0n) is 15.5. The van der Waals surface area contributed by atoms with E-state index in [9.17, 15) is 14.0 Å². The molecule has 0 fully saturated rings. The molecule has 1 aliphatic rings. The van der Waals surface area contributed by atoms with Crippen LogP contribution in [-0.4, -0.2) is 32.4 Å². The molecule has 146 valence electrons. The Kier molecular flexibility index (Phi) is 6.92. The summed E-state index contributed by atoms with van der Waals surface area (Å²) in [6, 6.07) is 12.4. The lowest BCUT2D eigenvalue weighted by molar-refractivity contribution is -0.109. The zero-order valence-corrected chi connectivity index (χ0v) is 15.5. The molecule has 1 N–H and O–H groups in total. The molecule has 0 spiro atoms. The fourth-order valence-corrected chi connectivity index (χ4v) is 3.25. The van der Waals surface area contributed by atoms with Gasteiger partial charge in [-0.15, -0.1) is 0 Å². The molecule has 0 saturated heterocycles. The lowest BCUT2D eigenvalue weighted by Crippen LogP contribution is -2.20. The average Bonchev–Trinajstić information content (AvgIpc) is 3.25. The number of amides is 1. The summed E-state index contributed by atoms with van der Waals surface area (Å²) in [7, 11) is 0. The van der Waals surface area contributed by atoms with Crippen LogP contribution in [0.5, 0.6) is 0 Å². The molecule has 2 aromatic carbocycles. The number of hydrogen-bond donors (Lipinski definition) is 1. The summed E-state index contributed by atoms with van der Waals surface area (Å²) < 4.78 is 19.7. The fourth-order valence-electron chi connectivity index (χ4n) is 3.25. The van der Waals surface area contributed by atoms with Gasteiger partial charge in [0.15, 0.2) is 0 Å². The van der Waals surface area contributed by atoms with Crippen molar-refractivity contribution in [2.24, 2.45) is 0 Å². The van der Waals surface area contributed by atoms with E-state index in [1.807, 2.05) is 24.3 Å². The number of aldehydes is 1. The highest BCUT2D eigenvalue weighted by molar-refractivity contribution is 5.75. The molecule has 3 rings (SSSR count). The molecule has 5 nitrogen and oxygen atoms in total. The van der Waals surface area contributed by atoms with Gasteiger partial charge in [0.1, 0.15) is 12.1 Å². The van der Waals surface area contributed by atoms with E-state index >= 15 is 0 Å². The topological polar surface area (TPSA) is 58.6 Å². The van der Waals surface area contributed by atoms with Gasteiger partial charge in [-0.1, -0.05) is 18.2 Å². The fraction of sp³-hybridized carbons (Fsp3) is 0.273. The van der Waals surface area contributed by atoms with Gasteiger partial charge < -0.3 is 15.0 Å². The normalized spacial score (nSPS) is 14.1. The van der Waals surface area contributed by atoms with E-state index in [2.05, 4.69) is 22.5 Å². The number of halogens is 1. The largest absolute Gasteiger partial charge is 0.371 e. The van der Waals surface area contributed by atoms with Crippen molar-refractivity contribution in [1.82, 2.24) is 5.32 Å². The Morgan fingerprint density at radius 1 is 1.18 bits per heavy atom. The highest BCUT2D eigenvalue weighted by Gasteiger charge is 2.15. The number of ether oxygens (including phenoxy) is 1. The molecule has 1 amide bonds. The number of nitrogens with zero attached hydrogens (tertiary/aromatic N) is 1. The molecule has 0 bridgehead atoms. The maximum atomic E-state index is 13.8. The first-order valence-electron chi connectivity index (χ1n) is 9.26. The van der Waals surface area contributed by atoms with Crippen LogP contribution in [0.15, 0.2) is 54.7 Å². The molecule has 0 radical (unpaired) electrons. The van der Waals surface area contributed by atoms with Crippen molar-refractivity contribution in [2.45, 2.75) is 18.9 Å². The minimum Gasteiger partial charge on any atom is -0.371 e. The molecule has 6 heteroatoms. The Morgan fingerprint density at radius 2 is 2.00 bits per heavy atom. The molecule has 28 heavy (non-hydrogen) atoms. The standard InChI is InChI=1S/C22H23FN2O3/c23-20-12-17(11-18(13-20)15-26)14-22(28-10-7-24-16-27)19-3-5-21(6-4-19)25-8-1-2-9-25/h1,3-6,8,11-13,15-16,22H,2,7,9-10,14H2,(H,24,27). The zero-order chi connectivity index (χ0) is 19.8. The summed E-state index contributed by atoms with van der Waals surface area (Å²) in [5, 5.41) is 2.57. The van der Waals surface area contributed by atoms with E-state index in [1.54, 1.807) is 6.07 Å². The van der Waals surface area contributed by atoms with Gasteiger partial charge in [-0.25, -0.2) is 4.39 Å². The predicted molar refractivity (Wildman–Crippen MR) is 106 cm³/mol. The SMILES string of the molecule is O=CNCCOC(Cc1cc(F)cc(C=O)c1)c1ccc(N2C=CCC2)cc1. The average molecular weight is 382 g/mol. The second kappa shape index (κ2) is 9.80. The first kappa shape index (κ1) is 19.8. The third-order valence-electron chi connectivity index (χ3n) is 4.60. The molecular weight excluding hydrogens is 359 g/mol. The third-order valence-corrected chi connectivity index (χ3v) is 4.60. The van der Waals surface area contributed by atoms with Crippen molar-refractivity contribution in [2.75, 3.05) is 24.6 Å². The second-order valence-corrected chi connectivity index (χ2v) is 6.60.